The van der Waals surface area contributed by atoms with E-state index in [0.29, 0.717) is 12.8 Å². The molecular formula is C14H23NO3. The highest BCUT2D eigenvalue weighted by molar-refractivity contribution is 5.85. The number of carboxylic acid groups (broad SMARTS) is 1. The molecule has 102 valence electrons. The van der Waals surface area contributed by atoms with Crippen molar-refractivity contribution in [3.05, 3.63) is 0 Å². The number of hydrogen-bond acceptors (Lipinski definition) is 2. The third kappa shape index (κ3) is 1.65. The van der Waals surface area contributed by atoms with E-state index in [1.807, 2.05) is 0 Å². The molecule has 1 amide bonds. The van der Waals surface area contributed by atoms with Gasteiger partial charge in [-0.15, -0.1) is 0 Å². The van der Waals surface area contributed by atoms with Crippen LogP contribution in [0, 0.1) is 22.2 Å². The van der Waals surface area contributed by atoms with Gasteiger partial charge >= 0.3 is 5.97 Å². The van der Waals surface area contributed by atoms with E-state index in [1.54, 1.807) is 0 Å². The van der Waals surface area contributed by atoms with Crippen molar-refractivity contribution in [2.45, 2.75) is 47.0 Å². The molecule has 0 aromatic heterocycles. The molecule has 2 rings (SSSR count). The minimum Gasteiger partial charge on any atom is -0.481 e. The first kappa shape index (κ1) is 13.4. The number of hydrogen-bond donors (Lipinski definition) is 2. The van der Waals surface area contributed by atoms with Crippen LogP contribution in [0.4, 0.5) is 0 Å². The van der Waals surface area contributed by atoms with Crippen molar-refractivity contribution in [3.8, 4) is 0 Å². The monoisotopic (exact) mass is 253 g/mol. The van der Waals surface area contributed by atoms with Crippen LogP contribution >= 0.6 is 0 Å². The van der Waals surface area contributed by atoms with Gasteiger partial charge in [0, 0.05) is 12.5 Å². The van der Waals surface area contributed by atoms with Crippen LogP contribution in [0.3, 0.4) is 0 Å². The highest BCUT2D eigenvalue weighted by atomic mass is 16.4. The molecule has 0 aromatic carbocycles. The number of carbonyl (C=O) groups excluding carboxylic acids is 1. The predicted molar refractivity (Wildman–Crippen MR) is 68.0 cm³/mol. The van der Waals surface area contributed by atoms with Gasteiger partial charge in [-0.2, -0.15) is 0 Å². The average molecular weight is 253 g/mol. The molecule has 2 N–H and O–H groups in total. The largest absolute Gasteiger partial charge is 0.481 e. The molecule has 0 bridgehead atoms. The van der Waals surface area contributed by atoms with Crippen LogP contribution in [-0.2, 0) is 9.59 Å². The topological polar surface area (TPSA) is 66.4 Å². The third-order valence-corrected chi connectivity index (χ3v) is 5.65. The summed E-state index contributed by atoms with van der Waals surface area (Å²) in [6.07, 6.45) is 2.31. The number of carboxylic acids is 1. The van der Waals surface area contributed by atoms with Crippen molar-refractivity contribution in [3.63, 3.8) is 0 Å². The van der Waals surface area contributed by atoms with Gasteiger partial charge in [-0.3, -0.25) is 9.59 Å². The second-order valence-corrected chi connectivity index (χ2v) is 7.03. The van der Waals surface area contributed by atoms with Crippen LogP contribution in [-0.4, -0.2) is 23.5 Å². The summed E-state index contributed by atoms with van der Waals surface area (Å²) in [7, 11) is 0. The van der Waals surface area contributed by atoms with E-state index in [0.717, 1.165) is 6.42 Å². The van der Waals surface area contributed by atoms with Crippen molar-refractivity contribution in [2.75, 3.05) is 6.54 Å². The van der Waals surface area contributed by atoms with E-state index >= 15 is 0 Å². The van der Waals surface area contributed by atoms with E-state index in [4.69, 9.17) is 0 Å². The van der Waals surface area contributed by atoms with Gasteiger partial charge in [-0.05, 0) is 23.7 Å². The fourth-order valence-electron chi connectivity index (χ4n) is 3.28. The quantitative estimate of drug-likeness (QED) is 0.805. The van der Waals surface area contributed by atoms with E-state index in [2.05, 4.69) is 33.0 Å². The van der Waals surface area contributed by atoms with E-state index in [-0.39, 0.29) is 29.2 Å². The normalized spacial score (nSPS) is 27.1. The Morgan fingerprint density at radius 3 is 1.94 bits per heavy atom. The molecule has 2 aliphatic carbocycles. The molecule has 2 fully saturated rings. The minimum atomic E-state index is -0.775. The molecule has 0 atom stereocenters. The lowest BCUT2D eigenvalue weighted by Gasteiger charge is -2.37. The minimum absolute atomic E-state index is 0.00378. The van der Waals surface area contributed by atoms with Gasteiger partial charge in [0.25, 0.3) is 0 Å². The van der Waals surface area contributed by atoms with Crippen molar-refractivity contribution in [2.24, 2.45) is 22.2 Å². The Kier molecular flexibility index (Phi) is 2.76. The first-order valence-electron chi connectivity index (χ1n) is 6.66. The first-order valence-corrected chi connectivity index (χ1v) is 6.66. The molecule has 0 unspecified atom stereocenters. The van der Waals surface area contributed by atoms with Gasteiger partial charge in [0.15, 0.2) is 0 Å². The summed E-state index contributed by atoms with van der Waals surface area (Å²) in [4.78, 5) is 23.3. The number of amides is 1. The van der Waals surface area contributed by atoms with Crippen LogP contribution in [0.2, 0.25) is 0 Å². The zero-order valence-corrected chi connectivity index (χ0v) is 11.7. The van der Waals surface area contributed by atoms with Crippen LogP contribution in [0.5, 0.6) is 0 Å². The Morgan fingerprint density at radius 1 is 1.17 bits per heavy atom. The van der Waals surface area contributed by atoms with Crippen molar-refractivity contribution < 1.29 is 14.7 Å². The molecule has 0 aromatic rings. The SMILES string of the molecule is CC1(C)C(C(=O)NCC2(C(=O)O)CCC2)C1(C)C. The van der Waals surface area contributed by atoms with Gasteiger partial charge < -0.3 is 10.4 Å². The number of carbonyl (C=O) groups is 2. The van der Waals surface area contributed by atoms with Crippen LogP contribution in [0.15, 0.2) is 0 Å². The third-order valence-electron chi connectivity index (χ3n) is 5.65. The summed E-state index contributed by atoms with van der Waals surface area (Å²) in [5, 5.41) is 12.1. The molecule has 0 heterocycles. The maximum Gasteiger partial charge on any atom is 0.311 e. The number of nitrogens with one attached hydrogen (secondary N) is 1. The lowest BCUT2D eigenvalue weighted by Crippen LogP contribution is -2.48. The number of rotatable bonds is 4. The Hall–Kier alpha value is -1.06. The molecule has 2 saturated carbocycles. The molecule has 18 heavy (non-hydrogen) atoms. The van der Waals surface area contributed by atoms with Crippen LogP contribution in [0.1, 0.15) is 47.0 Å². The van der Waals surface area contributed by atoms with Gasteiger partial charge in [0.1, 0.15) is 0 Å². The smallest absolute Gasteiger partial charge is 0.311 e. The van der Waals surface area contributed by atoms with E-state index < -0.39 is 11.4 Å². The van der Waals surface area contributed by atoms with Gasteiger partial charge in [-0.1, -0.05) is 34.1 Å². The van der Waals surface area contributed by atoms with Gasteiger partial charge in [-0.25, -0.2) is 0 Å². The van der Waals surface area contributed by atoms with Crippen molar-refractivity contribution >= 4 is 11.9 Å². The summed E-state index contributed by atoms with van der Waals surface area (Å²) in [6.45, 7) is 8.64. The average Bonchev–Trinajstić information content (AvgIpc) is 2.54. The fourth-order valence-corrected chi connectivity index (χ4v) is 3.28. The highest BCUT2D eigenvalue weighted by Gasteiger charge is 2.68. The Balaban J connectivity index is 1.93. The molecule has 4 heteroatoms. The second kappa shape index (κ2) is 3.72. The van der Waals surface area contributed by atoms with Crippen molar-refractivity contribution in [1.29, 1.82) is 0 Å². The lowest BCUT2D eigenvalue weighted by atomic mass is 9.69. The zero-order chi connectivity index (χ0) is 13.8. The molecule has 0 radical (unpaired) electrons. The Bertz CT molecular complexity index is 380. The van der Waals surface area contributed by atoms with Crippen molar-refractivity contribution in [1.82, 2.24) is 5.32 Å². The van der Waals surface area contributed by atoms with Crippen LogP contribution in [0.25, 0.3) is 0 Å². The number of aliphatic carboxylic acids is 1. The summed E-state index contributed by atoms with van der Waals surface area (Å²) >= 11 is 0. The summed E-state index contributed by atoms with van der Waals surface area (Å²) in [5.41, 5.74) is -0.682. The van der Waals surface area contributed by atoms with Gasteiger partial charge in [0.2, 0.25) is 5.91 Å². The maximum absolute atomic E-state index is 12.1. The second-order valence-electron chi connectivity index (χ2n) is 7.03. The predicted octanol–water partition coefficient (Wildman–Crippen LogP) is 2.04. The lowest BCUT2D eigenvalue weighted by molar-refractivity contribution is -0.154. The molecule has 2 aliphatic rings. The Labute approximate surface area is 108 Å². The molecular weight excluding hydrogens is 230 g/mol. The highest BCUT2D eigenvalue weighted by Crippen LogP contribution is 2.68. The van der Waals surface area contributed by atoms with Crippen LogP contribution < -0.4 is 5.32 Å². The standard InChI is InChI=1S/C14H23NO3/c1-12(2)9(13(12,3)4)10(16)15-8-14(11(17)18)6-5-7-14/h9H,5-8H2,1-4H3,(H,15,16)(H,17,18). The summed E-state index contributed by atoms with van der Waals surface area (Å²) < 4.78 is 0. The summed E-state index contributed by atoms with van der Waals surface area (Å²) in [6, 6.07) is 0. The maximum atomic E-state index is 12.1. The van der Waals surface area contributed by atoms with Gasteiger partial charge in [0.05, 0.1) is 5.41 Å². The van der Waals surface area contributed by atoms with E-state index in [1.165, 1.54) is 0 Å². The first-order chi connectivity index (χ1) is 8.15. The molecule has 0 saturated heterocycles. The van der Waals surface area contributed by atoms with E-state index in [9.17, 15) is 14.7 Å². The molecule has 0 aliphatic heterocycles. The summed E-state index contributed by atoms with van der Waals surface area (Å²) in [5.74, 6) is -0.767. The molecule has 4 nitrogen and oxygen atoms in total. The zero-order valence-electron chi connectivity index (χ0n) is 11.7. The fraction of sp³-hybridized carbons (Fsp3) is 0.857. The Morgan fingerprint density at radius 2 is 1.67 bits per heavy atom. The molecule has 0 spiro atoms.